The molecular weight excluding hydrogens is 335 g/mol. The van der Waals surface area contributed by atoms with Gasteiger partial charge in [0.1, 0.15) is 4.90 Å². The fourth-order valence-corrected chi connectivity index (χ4v) is 3.56. The van der Waals surface area contributed by atoms with Gasteiger partial charge in [-0.3, -0.25) is 4.79 Å². The molecule has 0 bridgehead atoms. The number of nitrogens with one attached hydrogen (secondary N) is 1. The van der Waals surface area contributed by atoms with Crippen molar-refractivity contribution in [3.63, 3.8) is 0 Å². The summed E-state index contributed by atoms with van der Waals surface area (Å²) >= 11 is 11.9. The first-order valence-corrected chi connectivity index (χ1v) is 8.50. The first kappa shape index (κ1) is 18.2. The van der Waals surface area contributed by atoms with Crippen molar-refractivity contribution >= 4 is 39.1 Å². The van der Waals surface area contributed by atoms with Gasteiger partial charge in [0.05, 0.1) is 15.6 Å². The molecule has 1 aromatic carbocycles. The van der Waals surface area contributed by atoms with E-state index in [0.717, 1.165) is 0 Å². The minimum absolute atomic E-state index is 0.0217. The van der Waals surface area contributed by atoms with Gasteiger partial charge in [0.15, 0.2) is 0 Å². The van der Waals surface area contributed by atoms with E-state index in [1.807, 2.05) is 13.8 Å². The molecule has 0 atom stereocenters. The number of amides is 1. The smallest absolute Gasteiger partial charge is 0.254 e. The normalized spacial score (nSPS) is 11.8. The van der Waals surface area contributed by atoms with E-state index in [1.54, 1.807) is 14.1 Å². The number of halogens is 2. The summed E-state index contributed by atoms with van der Waals surface area (Å²) in [6, 6.07) is 2.47. The quantitative estimate of drug-likeness (QED) is 0.885. The molecule has 1 aromatic rings. The molecular formula is C13H18Cl2N2O3S. The molecule has 8 heteroatoms. The van der Waals surface area contributed by atoms with Crippen molar-refractivity contribution in [2.24, 2.45) is 5.92 Å². The van der Waals surface area contributed by atoms with Crippen LogP contribution in [0.15, 0.2) is 17.0 Å². The van der Waals surface area contributed by atoms with E-state index in [2.05, 4.69) is 4.72 Å². The lowest BCUT2D eigenvalue weighted by Gasteiger charge is -2.15. The van der Waals surface area contributed by atoms with Gasteiger partial charge in [-0.25, -0.2) is 13.1 Å². The van der Waals surface area contributed by atoms with Crippen molar-refractivity contribution in [3.05, 3.63) is 27.7 Å². The van der Waals surface area contributed by atoms with E-state index in [0.29, 0.717) is 0 Å². The molecule has 0 aliphatic rings. The minimum Gasteiger partial charge on any atom is -0.345 e. The van der Waals surface area contributed by atoms with Crippen LogP contribution in [0.5, 0.6) is 0 Å². The Hall–Kier alpha value is -0.820. The predicted molar refractivity (Wildman–Crippen MR) is 84.5 cm³/mol. The molecule has 0 aromatic heterocycles. The number of carbonyl (C=O) groups is 1. The number of benzene rings is 1. The van der Waals surface area contributed by atoms with Gasteiger partial charge >= 0.3 is 0 Å². The molecule has 0 radical (unpaired) electrons. The van der Waals surface area contributed by atoms with Gasteiger partial charge in [-0.2, -0.15) is 0 Å². The van der Waals surface area contributed by atoms with Gasteiger partial charge < -0.3 is 4.90 Å². The second kappa shape index (κ2) is 6.96. The summed E-state index contributed by atoms with van der Waals surface area (Å²) in [5.41, 5.74) is 0.0935. The second-order valence-corrected chi connectivity index (χ2v) is 7.76. The standard InChI is InChI=1S/C13H18Cl2N2O3S/c1-8(2)7-16-21(19,20)12-5-9(13(18)17(3)4)10(14)6-11(12)15/h5-6,8,16H,7H2,1-4H3. The van der Waals surface area contributed by atoms with Crippen LogP contribution in [0, 0.1) is 5.92 Å². The first-order valence-electron chi connectivity index (χ1n) is 6.26. The third-order valence-corrected chi connectivity index (χ3v) is 4.83. The average molecular weight is 353 g/mol. The van der Waals surface area contributed by atoms with E-state index in [-0.39, 0.29) is 33.0 Å². The highest BCUT2D eigenvalue weighted by molar-refractivity contribution is 7.89. The van der Waals surface area contributed by atoms with Crippen LogP contribution in [0.1, 0.15) is 24.2 Å². The number of hydrogen-bond acceptors (Lipinski definition) is 3. The van der Waals surface area contributed by atoms with Crippen molar-refractivity contribution in [1.82, 2.24) is 9.62 Å². The SMILES string of the molecule is CC(C)CNS(=O)(=O)c1cc(C(=O)N(C)C)c(Cl)cc1Cl. The number of rotatable bonds is 5. The van der Waals surface area contributed by atoms with Gasteiger partial charge in [0.25, 0.3) is 5.91 Å². The lowest BCUT2D eigenvalue weighted by atomic mass is 10.2. The van der Waals surface area contributed by atoms with Crippen LogP contribution in [-0.2, 0) is 10.0 Å². The zero-order chi connectivity index (χ0) is 16.4. The highest BCUT2D eigenvalue weighted by atomic mass is 35.5. The van der Waals surface area contributed by atoms with E-state index in [9.17, 15) is 13.2 Å². The maximum Gasteiger partial charge on any atom is 0.254 e. The summed E-state index contributed by atoms with van der Waals surface area (Å²) in [5, 5.41) is 0.0908. The molecule has 0 saturated carbocycles. The van der Waals surface area contributed by atoms with Crippen LogP contribution in [0.3, 0.4) is 0 Å². The molecule has 0 aliphatic heterocycles. The molecule has 1 N–H and O–H groups in total. The fraction of sp³-hybridized carbons (Fsp3) is 0.462. The van der Waals surface area contributed by atoms with Crippen LogP contribution in [0.4, 0.5) is 0 Å². The van der Waals surface area contributed by atoms with Gasteiger partial charge in [-0.15, -0.1) is 0 Å². The summed E-state index contributed by atoms with van der Waals surface area (Å²) in [7, 11) is -0.688. The molecule has 1 rings (SSSR count). The van der Waals surface area contributed by atoms with Crippen LogP contribution < -0.4 is 4.72 Å². The van der Waals surface area contributed by atoms with Crippen LogP contribution in [0.2, 0.25) is 10.0 Å². The number of sulfonamides is 1. The summed E-state index contributed by atoms with van der Waals surface area (Å²) in [6.07, 6.45) is 0. The van der Waals surface area contributed by atoms with Crippen LogP contribution in [-0.4, -0.2) is 39.9 Å². The summed E-state index contributed by atoms with van der Waals surface area (Å²) in [4.78, 5) is 13.2. The lowest BCUT2D eigenvalue weighted by Crippen LogP contribution is -2.28. The van der Waals surface area contributed by atoms with Crippen molar-refractivity contribution < 1.29 is 13.2 Å². The topological polar surface area (TPSA) is 66.5 Å². The third-order valence-electron chi connectivity index (χ3n) is 2.63. The van der Waals surface area contributed by atoms with E-state index in [4.69, 9.17) is 23.2 Å². The number of nitrogens with zero attached hydrogens (tertiary/aromatic N) is 1. The highest BCUT2D eigenvalue weighted by Gasteiger charge is 2.23. The maximum absolute atomic E-state index is 12.2. The van der Waals surface area contributed by atoms with Gasteiger partial charge in [-0.05, 0) is 18.1 Å². The molecule has 0 heterocycles. The monoisotopic (exact) mass is 352 g/mol. The zero-order valence-corrected chi connectivity index (χ0v) is 14.6. The Kier molecular flexibility index (Phi) is 6.04. The van der Waals surface area contributed by atoms with Gasteiger partial charge in [0.2, 0.25) is 10.0 Å². The second-order valence-electron chi connectivity index (χ2n) is 5.21. The highest BCUT2D eigenvalue weighted by Crippen LogP contribution is 2.29. The average Bonchev–Trinajstić information content (AvgIpc) is 2.35. The van der Waals surface area contributed by atoms with Crippen molar-refractivity contribution in [3.8, 4) is 0 Å². The molecule has 0 saturated heterocycles. The fourth-order valence-electron chi connectivity index (χ4n) is 1.49. The molecule has 0 aliphatic carbocycles. The first-order chi connectivity index (χ1) is 9.56. The summed E-state index contributed by atoms with van der Waals surface area (Å²) in [5.74, 6) is -0.245. The van der Waals surface area contributed by atoms with Gasteiger partial charge in [0, 0.05) is 20.6 Å². The minimum atomic E-state index is -3.80. The Balaban J connectivity index is 3.31. The largest absolute Gasteiger partial charge is 0.345 e. The zero-order valence-electron chi connectivity index (χ0n) is 12.3. The van der Waals surface area contributed by atoms with Crippen LogP contribution in [0.25, 0.3) is 0 Å². The third kappa shape index (κ3) is 4.57. The summed E-state index contributed by atoms with van der Waals surface area (Å²) in [6.45, 7) is 4.04. The molecule has 0 spiro atoms. The number of carbonyl (C=O) groups excluding carboxylic acids is 1. The Bertz CT molecular complexity index is 643. The van der Waals surface area contributed by atoms with Crippen molar-refractivity contribution in [1.29, 1.82) is 0 Å². The predicted octanol–water partition coefficient (Wildman–Crippen LogP) is 2.63. The molecule has 118 valence electrons. The molecule has 0 fully saturated rings. The lowest BCUT2D eigenvalue weighted by molar-refractivity contribution is 0.0827. The molecule has 21 heavy (non-hydrogen) atoms. The summed E-state index contributed by atoms with van der Waals surface area (Å²) < 4.78 is 26.9. The van der Waals surface area contributed by atoms with Crippen molar-refractivity contribution in [2.75, 3.05) is 20.6 Å². The maximum atomic E-state index is 12.2. The van der Waals surface area contributed by atoms with E-state index < -0.39 is 15.9 Å². The van der Waals surface area contributed by atoms with E-state index >= 15 is 0 Å². The van der Waals surface area contributed by atoms with E-state index in [1.165, 1.54) is 17.0 Å². The Labute approximate surface area is 135 Å². The molecule has 5 nitrogen and oxygen atoms in total. The molecule has 1 amide bonds. The Morgan fingerprint density at radius 3 is 2.29 bits per heavy atom. The van der Waals surface area contributed by atoms with Crippen LogP contribution >= 0.6 is 23.2 Å². The molecule has 0 unspecified atom stereocenters. The Morgan fingerprint density at radius 2 is 1.81 bits per heavy atom. The van der Waals surface area contributed by atoms with Crippen molar-refractivity contribution in [2.45, 2.75) is 18.7 Å². The van der Waals surface area contributed by atoms with Gasteiger partial charge in [-0.1, -0.05) is 37.0 Å². The Morgan fingerprint density at radius 1 is 1.24 bits per heavy atom. The number of hydrogen-bond donors (Lipinski definition) is 1.